The summed E-state index contributed by atoms with van der Waals surface area (Å²) in [5, 5.41) is 0.0575. The average molecular weight is 246 g/mol. The zero-order valence-corrected chi connectivity index (χ0v) is 10.3. The van der Waals surface area contributed by atoms with E-state index in [1.807, 2.05) is 13.8 Å². The SMILES string of the molecule is CCC(N)(CC)CNS(=O)(=O)c1cnc[nH]1. The van der Waals surface area contributed by atoms with Gasteiger partial charge in [-0.25, -0.2) is 18.1 Å². The van der Waals surface area contributed by atoms with Gasteiger partial charge in [0.1, 0.15) is 0 Å². The molecule has 16 heavy (non-hydrogen) atoms. The Kier molecular flexibility index (Phi) is 4.06. The molecule has 6 nitrogen and oxygen atoms in total. The van der Waals surface area contributed by atoms with Crippen molar-refractivity contribution in [3.8, 4) is 0 Å². The number of H-pyrrole nitrogens is 1. The molecule has 0 unspecified atom stereocenters. The van der Waals surface area contributed by atoms with E-state index in [0.717, 1.165) is 12.8 Å². The van der Waals surface area contributed by atoms with E-state index in [4.69, 9.17) is 5.73 Å². The molecule has 0 aliphatic heterocycles. The summed E-state index contributed by atoms with van der Waals surface area (Å²) < 4.78 is 25.9. The second-order valence-electron chi connectivity index (χ2n) is 3.81. The van der Waals surface area contributed by atoms with Crippen LogP contribution in [-0.2, 0) is 10.0 Å². The molecule has 0 aliphatic rings. The van der Waals surface area contributed by atoms with Crippen molar-refractivity contribution in [2.45, 2.75) is 37.3 Å². The third kappa shape index (κ3) is 3.03. The number of rotatable bonds is 6. The maximum absolute atomic E-state index is 11.7. The molecule has 4 N–H and O–H groups in total. The highest BCUT2D eigenvalue weighted by atomic mass is 32.2. The van der Waals surface area contributed by atoms with E-state index >= 15 is 0 Å². The Labute approximate surface area is 95.7 Å². The topological polar surface area (TPSA) is 101 Å². The normalized spacial score (nSPS) is 12.9. The molecule has 0 bridgehead atoms. The van der Waals surface area contributed by atoms with Crippen LogP contribution in [0, 0.1) is 0 Å². The van der Waals surface area contributed by atoms with Gasteiger partial charge in [-0.05, 0) is 12.8 Å². The van der Waals surface area contributed by atoms with Crippen molar-refractivity contribution in [1.29, 1.82) is 0 Å². The Morgan fingerprint density at radius 1 is 1.50 bits per heavy atom. The molecule has 7 heteroatoms. The first-order valence-electron chi connectivity index (χ1n) is 5.20. The van der Waals surface area contributed by atoms with Gasteiger partial charge in [0.15, 0.2) is 5.03 Å². The molecule has 0 atom stereocenters. The van der Waals surface area contributed by atoms with Gasteiger partial charge in [-0.1, -0.05) is 13.8 Å². The van der Waals surface area contributed by atoms with Gasteiger partial charge < -0.3 is 10.7 Å². The van der Waals surface area contributed by atoms with Crippen molar-refractivity contribution >= 4 is 10.0 Å². The minimum absolute atomic E-state index is 0.0575. The fourth-order valence-electron chi connectivity index (χ4n) is 1.21. The fraction of sp³-hybridized carbons (Fsp3) is 0.667. The Morgan fingerprint density at radius 3 is 2.56 bits per heavy atom. The minimum atomic E-state index is -3.52. The standard InChI is InChI=1S/C9H18N4O2S/c1-3-9(10,4-2)6-13-16(14,15)8-5-11-7-12-8/h5,7,13H,3-4,6,10H2,1-2H3,(H,11,12). The largest absolute Gasteiger partial charge is 0.335 e. The number of sulfonamides is 1. The van der Waals surface area contributed by atoms with Crippen LogP contribution in [0.25, 0.3) is 0 Å². The molecular formula is C9H18N4O2S. The molecule has 1 rings (SSSR count). The van der Waals surface area contributed by atoms with Gasteiger partial charge in [0.05, 0.1) is 12.5 Å². The van der Waals surface area contributed by atoms with Crippen LogP contribution in [0.2, 0.25) is 0 Å². The summed E-state index contributed by atoms with van der Waals surface area (Å²) in [7, 11) is -3.52. The number of hydrogen-bond acceptors (Lipinski definition) is 4. The van der Waals surface area contributed by atoms with Gasteiger partial charge in [0.2, 0.25) is 0 Å². The molecule has 0 amide bonds. The van der Waals surface area contributed by atoms with E-state index in [-0.39, 0.29) is 11.6 Å². The van der Waals surface area contributed by atoms with Crippen LogP contribution in [0.1, 0.15) is 26.7 Å². The van der Waals surface area contributed by atoms with E-state index in [2.05, 4.69) is 14.7 Å². The zero-order chi connectivity index (χ0) is 12.2. The van der Waals surface area contributed by atoms with Crippen molar-refractivity contribution in [3.05, 3.63) is 12.5 Å². The lowest BCUT2D eigenvalue weighted by molar-refractivity contribution is 0.391. The summed E-state index contributed by atoms with van der Waals surface area (Å²) in [5.74, 6) is 0. The van der Waals surface area contributed by atoms with Crippen molar-refractivity contribution in [3.63, 3.8) is 0 Å². The van der Waals surface area contributed by atoms with E-state index in [0.29, 0.717) is 0 Å². The van der Waals surface area contributed by atoms with Crippen LogP contribution in [0.3, 0.4) is 0 Å². The van der Waals surface area contributed by atoms with Crippen molar-refractivity contribution < 1.29 is 8.42 Å². The van der Waals surface area contributed by atoms with Crippen LogP contribution in [0.4, 0.5) is 0 Å². The third-order valence-corrected chi connectivity index (χ3v) is 4.11. The number of hydrogen-bond donors (Lipinski definition) is 3. The second-order valence-corrected chi connectivity index (χ2v) is 5.55. The Hall–Kier alpha value is -0.920. The predicted octanol–water partition coefficient (Wildman–Crippen LogP) is 0.206. The first-order chi connectivity index (χ1) is 7.43. The van der Waals surface area contributed by atoms with Gasteiger partial charge in [0.25, 0.3) is 10.0 Å². The Bertz CT molecular complexity index is 409. The highest BCUT2D eigenvalue weighted by Crippen LogP contribution is 2.11. The van der Waals surface area contributed by atoms with E-state index < -0.39 is 15.6 Å². The average Bonchev–Trinajstić information content (AvgIpc) is 2.80. The molecule has 0 saturated carbocycles. The summed E-state index contributed by atoms with van der Waals surface area (Å²) >= 11 is 0. The lowest BCUT2D eigenvalue weighted by Gasteiger charge is -2.26. The molecule has 0 saturated heterocycles. The monoisotopic (exact) mass is 246 g/mol. The van der Waals surface area contributed by atoms with Gasteiger partial charge in [-0.2, -0.15) is 0 Å². The van der Waals surface area contributed by atoms with Crippen molar-refractivity contribution in [1.82, 2.24) is 14.7 Å². The molecule has 92 valence electrons. The van der Waals surface area contributed by atoms with E-state index in [9.17, 15) is 8.42 Å². The number of imidazole rings is 1. The molecule has 0 aromatic carbocycles. The predicted molar refractivity (Wildman–Crippen MR) is 61.3 cm³/mol. The van der Waals surface area contributed by atoms with E-state index in [1.54, 1.807) is 0 Å². The van der Waals surface area contributed by atoms with Crippen LogP contribution >= 0.6 is 0 Å². The lowest BCUT2D eigenvalue weighted by atomic mass is 9.95. The van der Waals surface area contributed by atoms with Gasteiger partial charge in [-0.15, -0.1) is 0 Å². The third-order valence-electron chi connectivity index (χ3n) is 2.79. The smallest absolute Gasteiger partial charge is 0.257 e. The van der Waals surface area contributed by atoms with Gasteiger partial charge in [0, 0.05) is 12.1 Å². The van der Waals surface area contributed by atoms with Crippen molar-refractivity contribution in [2.75, 3.05) is 6.54 Å². The molecular weight excluding hydrogens is 228 g/mol. The molecule has 1 aromatic heterocycles. The molecule has 0 spiro atoms. The molecule has 1 aromatic rings. The van der Waals surface area contributed by atoms with E-state index in [1.165, 1.54) is 12.5 Å². The first-order valence-corrected chi connectivity index (χ1v) is 6.69. The van der Waals surface area contributed by atoms with Crippen LogP contribution < -0.4 is 10.5 Å². The maximum atomic E-state index is 11.7. The number of aromatic nitrogens is 2. The maximum Gasteiger partial charge on any atom is 0.257 e. The Balaban J connectivity index is 2.69. The number of nitrogens with zero attached hydrogens (tertiary/aromatic N) is 1. The summed E-state index contributed by atoms with van der Waals surface area (Å²) in [6.45, 7) is 4.10. The molecule has 0 fully saturated rings. The van der Waals surface area contributed by atoms with Gasteiger partial charge in [-0.3, -0.25) is 0 Å². The zero-order valence-electron chi connectivity index (χ0n) is 9.53. The van der Waals surface area contributed by atoms with Crippen molar-refractivity contribution in [2.24, 2.45) is 5.73 Å². The summed E-state index contributed by atoms with van der Waals surface area (Å²) in [5.41, 5.74) is 5.51. The highest BCUT2D eigenvalue weighted by Gasteiger charge is 2.24. The highest BCUT2D eigenvalue weighted by molar-refractivity contribution is 7.89. The minimum Gasteiger partial charge on any atom is -0.335 e. The summed E-state index contributed by atoms with van der Waals surface area (Å²) in [6.07, 6.45) is 4.02. The first kappa shape index (κ1) is 13.1. The number of aromatic amines is 1. The quantitative estimate of drug-likeness (QED) is 0.667. The summed E-state index contributed by atoms with van der Waals surface area (Å²) in [6, 6.07) is 0. The van der Waals surface area contributed by atoms with Crippen LogP contribution in [-0.4, -0.2) is 30.5 Å². The molecule has 0 aliphatic carbocycles. The molecule has 1 heterocycles. The number of nitrogens with one attached hydrogen (secondary N) is 2. The fourth-order valence-corrected chi connectivity index (χ4v) is 2.25. The lowest BCUT2D eigenvalue weighted by Crippen LogP contribution is -2.49. The Morgan fingerprint density at radius 2 is 2.12 bits per heavy atom. The van der Waals surface area contributed by atoms with Crippen LogP contribution in [0.15, 0.2) is 17.6 Å². The van der Waals surface area contributed by atoms with Gasteiger partial charge >= 0.3 is 0 Å². The van der Waals surface area contributed by atoms with Crippen LogP contribution in [0.5, 0.6) is 0 Å². The molecule has 0 radical (unpaired) electrons. The number of nitrogens with two attached hydrogens (primary N) is 1. The summed E-state index contributed by atoms with van der Waals surface area (Å²) in [4.78, 5) is 6.21. The second kappa shape index (κ2) is 4.94.